The highest BCUT2D eigenvalue weighted by Gasteiger charge is 2.22. The molecule has 15 aromatic rings. The number of thiophene rings is 4. The zero-order valence-electron chi connectivity index (χ0n) is 33.0. The average molecular weight is 855 g/mol. The lowest BCUT2D eigenvalue weighted by Crippen LogP contribution is -1.89. The molecule has 11 aromatic carbocycles. The maximum Gasteiger partial charge on any atom is 0.0440 e. The van der Waals surface area contributed by atoms with Crippen molar-refractivity contribution >= 4 is 169 Å². The van der Waals surface area contributed by atoms with Crippen molar-refractivity contribution in [1.29, 1.82) is 0 Å². The summed E-state index contributed by atoms with van der Waals surface area (Å²) in [7, 11) is 0. The van der Waals surface area contributed by atoms with Crippen LogP contribution in [0.15, 0.2) is 182 Å². The Hall–Kier alpha value is -6.66. The van der Waals surface area contributed by atoms with Crippen LogP contribution in [0.2, 0.25) is 0 Å². The Kier molecular flexibility index (Phi) is 6.84. The van der Waals surface area contributed by atoms with Crippen LogP contribution in [0.25, 0.3) is 146 Å². The Labute approximate surface area is 370 Å². The molecule has 0 unspecified atom stereocenters. The summed E-state index contributed by atoms with van der Waals surface area (Å²) in [5.74, 6) is 0. The molecule has 0 spiro atoms. The van der Waals surface area contributed by atoms with Crippen molar-refractivity contribution in [3.05, 3.63) is 182 Å². The van der Waals surface area contributed by atoms with Gasteiger partial charge in [-0.25, -0.2) is 0 Å². The summed E-state index contributed by atoms with van der Waals surface area (Å²) in [6, 6.07) is 69.2. The van der Waals surface area contributed by atoms with Crippen LogP contribution in [-0.2, 0) is 0 Å². The van der Waals surface area contributed by atoms with Crippen LogP contribution in [0.1, 0.15) is 0 Å². The van der Waals surface area contributed by atoms with Crippen LogP contribution in [0.3, 0.4) is 0 Å². The fourth-order valence-electron chi connectivity index (χ4n) is 10.7. The van der Waals surface area contributed by atoms with Gasteiger partial charge in [0.05, 0.1) is 0 Å². The van der Waals surface area contributed by atoms with Crippen molar-refractivity contribution in [1.82, 2.24) is 0 Å². The van der Waals surface area contributed by atoms with Crippen molar-refractivity contribution in [2.24, 2.45) is 0 Å². The predicted molar refractivity (Wildman–Crippen MR) is 279 cm³/mol. The monoisotopic (exact) mass is 854 g/mol. The van der Waals surface area contributed by atoms with Gasteiger partial charge in [0.2, 0.25) is 0 Å². The van der Waals surface area contributed by atoms with E-state index >= 15 is 0 Å². The van der Waals surface area contributed by atoms with E-state index < -0.39 is 0 Å². The number of hydrogen-bond acceptors (Lipinski definition) is 4. The van der Waals surface area contributed by atoms with E-state index in [-0.39, 0.29) is 0 Å². The first-order chi connectivity index (χ1) is 30.7. The molecule has 0 aliphatic rings. The molecule has 0 bridgehead atoms. The molecule has 15 rings (SSSR count). The highest BCUT2D eigenvalue weighted by molar-refractivity contribution is 7.28. The number of rotatable bonds is 2. The Bertz CT molecular complexity index is 4170. The van der Waals surface area contributed by atoms with Gasteiger partial charge in [0.1, 0.15) is 0 Å². The Morgan fingerprint density at radius 2 is 0.532 bits per heavy atom. The van der Waals surface area contributed by atoms with Crippen molar-refractivity contribution < 1.29 is 0 Å². The lowest BCUT2D eigenvalue weighted by Gasteiger charge is -2.17. The molecule has 0 radical (unpaired) electrons. The number of benzene rings is 11. The summed E-state index contributed by atoms with van der Waals surface area (Å²) in [4.78, 5) is 0. The Morgan fingerprint density at radius 1 is 0.210 bits per heavy atom. The zero-order chi connectivity index (χ0) is 40.2. The molecular weight excluding hydrogens is 825 g/mol. The maximum atomic E-state index is 2.52. The summed E-state index contributed by atoms with van der Waals surface area (Å²) in [6.45, 7) is 0. The number of hydrogen-bond donors (Lipinski definition) is 0. The second-order valence-corrected chi connectivity index (χ2v) is 20.8. The lowest BCUT2D eigenvalue weighted by molar-refractivity contribution is 1.77. The number of fused-ring (bicyclic) bond motifs is 20. The van der Waals surface area contributed by atoms with Gasteiger partial charge in [-0.1, -0.05) is 133 Å². The second-order valence-electron chi connectivity index (χ2n) is 16.6. The smallest absolute Gasteiger partial charge is 0.0440 e. The molecular formula is C58H30S4. The van der Waals surface area contributed by atoms with Crippen molar-refractivity contribution in [3.63, 3.8) is 0 Å². The van der Waals surface area contributed by atoms with Crippen molar-refractivity contribution in [2.75, 3.05) is 0 Å². The fourth-order valence-corrected chi connectivity index (χ4v) is 15.7. The highest BCUT2D eigenvalue weighted by Crippen LogP contribution is 2.51. The van der Waals surface area contributed by atoms with Crippen molar-refractivity contribution in [2.45, 2.75) is 0 Å². The van der Waals surface area contributed by atoms with Crippen LogP contribution in [0.4, 0.5) is 0 Å². The topological polar surface area (TPSA) is 0 Å². The van der Waals surface area contributed by atoms with E-state index in [1.165, 1.54) is 146 Å². The molecule has 0 N–H and O–H groups in total. The third kappa shape index (κ3) is 4.54. The van der Waals surface area contributed by atoms with Crippen molar-refractivity contribution in [3.8, 4) is 22.3 Å². The first-order valence-corrected chi connectivity index (χ1v) is 24.3. The molecule has 0 nitrogen and oxygen atoms in total. The summed E-state index contributed by atoms with van der Waals surface area (Å²) >= 11 is 7.71. The molecule has 4 heteroatoms. The molecule has 0 fully saturated rings. The SMILES string of the molecule is c1ccc2c(c1)sc1c(-c3cc4cc5c(cc(-c6cccc7c6sc6ccccc67)c6c5ccc5c7ccccc7sc56)cc4c4ccc5c6ccccc6sc5c34)cccc12. The van der Waals surface area contributed by atoms with Gasteiger partial charge in [-0.05, 0) is 92.0 Å². The predicted octanol–water partition coefficient (Wildman–Crippen LogP) is 19.1. The van der Waals surface area contributed by atoms with E-state index in [1.54, 1.807) is 0 Å². The van der Waals surface area contributed by atoms with Gasteiger partial charge >= 0.3 is 0 Å². The molecule has 4 heterocycles. The highest BCUT2D eigenvalue weighted by atomic mass is 32.1. The first kappa shape index (κ1) is 34.0. The molecule has 286 valence electrons. The van der Waals surface area contributed by atoms with Crippen LogP contribution in [0.5, 0.6) is 0 Å². The van der Waals surface area contributed by atoms with Gasteiger partial charge in [0, 0.05) is 103 Å². The van der Waals surface area contributed by atoms with Gasteiger partial charge < -0.3 is 0 Å². The van der Waals surface area contributed by atoms with Gasteiger partial charge in [-0.3, -0.25) is 0 Å². The summed E-state index contributed by atoms with van der Waals surface area (Å²) in [5, 5.41) is 21.1. The Balaban J connectivity index is 1.11. The van der Waals surface area contributed by atoms with Crippen LogP contribution in [0, 0.1) is 0 Å². The maximum absolute atomic E-state index is 2.52. The molecule has 0 saturated carbocycles. The molecule has 0 aliphatic heterocycles. The van der Waals surface area contributed by atoms with E-state index in [0.717, 1.165) is 0 Å². The minimum atomic E-state index is 1.27. The molecule has 0 atom stereocenters. The lowest BCUT2D eigenvalue weighted by atomic mass is 9.87. The molecule has 4 aromatic heterocycles. The Morgan fingerprint density at radius 3 is 0.935 bits per heavy atom. The van der Waals surface area contributed by atoms with Crippen LogP contribution < -0.4 is 0 Å². The van der Waals surface area contributed by atoms with Gasteiger partial charge in [0.25, 0.3) is 0 Å². The van der Waals surface area contributed by atoms with E-state index in [2.05, 4.69) is 182 Å². The summed E-state index contributed by atoms with van der Waals surface area (Å²) in [5.41, 5.74) is 5.24. The van der Waals surface area contributed by atoms with E-state index in [1.807, 2.05) is 45.3 Å². The van der Waals surface area contributed by atoms with Crippen LogP contribution in [-0.4, -0.2) is 0 Å². The molecule has 62 heavy (non-hydrogen) atoms. The minimum absolute atomic E-state index is 1.27. The quantitative estimate of drug-likeness (QED) is 0.120. The van der Waals surface area contributed by atoms with Gasteiger partial charge in [-0.15, -0.1) is 45.3 Å². The molecule has 0 saturated heterocycles. The third-order valence-corrected chi connectivity index (χ3v) is 18.3. The third-order valence-electron chi connectivity index (χ3n) is 13.4. The van der Waals surface area contributed by atoms with Crippen LogP contribution >= 0.6 is 45.3 Å². The van der Waals surface area contributed by atoms with E-state index in [4.69, 9.17) is 0 Å². The van der Waals surface area contributed by atoms with Gasteiger partial charge in [-0.2, -0.15) is 0 Å². The normalized spacial score (nSPS) is 12.5. The largest absolute Gasteiger partial charge is 0.135 e. The van der Waals surface area contributed by atoms with E-state index in [0.29, 0.717) is 0 Å². The summed E-state index contributed by atoms with van der Waals surface area (Å²) in [6.07, 6.45) is 0. The minimum Gasteiger partial charge on any atom is -0.135 e. The van der Waals surface area contributed by atoms with Gasteiger partial charge in [0.15, 0.2) is 0 Å². The van der Waals surface area contributed by atoms with E-state index in [9.17, 15) is 0 Å². The zero-order valence-corrected chi connectivity index (χ0v) is 36.2. The average Bonchev–Trinajstić information content (AvgIpc) is 4.10. The summed E-state index contributed by atoms with van der Waals surface area (Å²) < 4.78 is 10.8. The fraction of sp³-hybridized carbons (Fsp3) is 0. The second kappa shape index (κ2) is 12.5. The molecule has 0 aliphatic carbocycles. The standard InChI is InChI=1S/C58H30S4/c1-5-19-49-33(11-1)39-15-9-17-41(55(39)59-49)47-29-31-27-46-32(28-45(31)37-23-25-43-35-13-3-7-21-51(35)61-57(43)53(37)47)30-48(42-18-10-16-40-34-12-2-6-20-50(34)60-56(40)42)54-38(46)24-26-44-36-14-4-8-22-52(36)62-58(44)54/h1-30H. The first-order valence-electron chi connectivity index (χ1n) is 21.1. The molecule has 0 amide bonds.